The highest BCUT2D eigenvalue weighted by Crippen LogP contribution is 2.21. The van der Waals surface area contributed by atoms with Crippen molar-refractivity contribution in [2.45, 2.75) is 25.9 Å². The standard InChI is InChI=1S/C18H21NO3/c1-2-6-17(13-20)22-18(21)19-16-11-9-15(10-12-16)14-7-4-3-5-8-14/h3-5,7-12,17,20H,2,6,13H2,1H3,(H,19,21). The number of carbonyl (C=O) groups excluding carboxylic acids is 1. The molecule has 0 heterocycles. The molecule has 22 heavy (non-hydrogen) atoms. The Morgan fingerprint density at radius 1 is 1.09 bits per heavy atom. The minimum absolute atomic E-state index is 0.159. The predicted molar refractivity (Wildman–Crippen MR) is 87.8 cm³/mol. The second-order valence-electron chi connectivity index (χ2n) is 5.07. The maximum Gasteiger partial charge on any atom is 0.411 e. The van der Waals surface area contributed by atoms with Crippen molar-refractivity contribution in [3.8, 4) is 11.1 Å². The van der Waals surface area contributed by atoms with Gasteiger partial charge in [0.25, 0.3) is 0 Å². The van der Waals surface area contributed by atoms with E-state index in [0.29, 0.717) is 12.1 Å². The van der Waals surface area contributed by atoms with Crippen molar-refractivity contribution >= 4 is 11.8 Å². The maximum atomic E-state index is 11.8. The van der Waals surface area contributed by atoms with Crippen LogP contribution in [-0.2, 0) is 4.74 Å². The van der Waals surface area contributed by atoms with Crippen molar-refractivity contribution in [3.63, 3.8) is 0 Å². The van der Waals surface area contributed by atoms with Crippen LogP contribution in [0.2, 0.25) is 0 Å². The van der Waals surface area contributed by atoms with Crippen LogP contribution in [0.1, 0.15) is 19.8 Å². The quantitative estimate of drug-likeness (QED) is 0.845. The number of ether oxygens (including phenoxy) is 1. The summed E-state index contributed by atoms with van der Waals surface area (Å²) in [6.45, 7) is 1.82. The Bertz CT molecular complexity index is 581. The van der Waals surface area contributed by atoms with E-state index in [2.05, 4.69) is 5.32 Å². The number of benzene rings is 2. The van der Waals surface area contributed by atoms with Crippen LogP contribution in [0.3, 0.4) is 0 Å². The van der Waals surface area contributed by atoms with Crippen LogP contribution >= 0.6 is 0 Å². The molecule has 2 N–H and O–H groups in total. The molecule has 1 amide bonds. The first kappa shape index (κ1) is 16.0. The molecule has 0 spiro atoms. The van der Waals surface area contributed by atoms with Gasteiger partial charge in [-0.25, -0.2) is 4.79 Å². The van der Waals surface area contributed by atoms with Gasteiger partial charge in [-0.3, -0.25) is 5.32 Å². The molecular weight excluding hydrogens is 278 g/mol. The molecule has 0 aromatic heterocycles. The lowest BCUT2D eigenvalue weighted by Crippen LogP contribution is -2.25. The Balaban J connectivity index is 1.95. The molecule has 2 rings (SSSR count). The van der Waals surface area contributed by atoms with Crippen molar-refractivity contribution < 1.29 is 14.6 Å². The predicted octanol–water partition coefficient (Wildman–Crippen LogP) is 4.06. The monoisotopic (exact) mass is 299 g/mol. The highest BCUT2D eigenvalue weighted by atomic mass is 16.6. The van der Waals surface area contributed by atoms with E-state index in [1.807, 2.05) is 61.5 Å². The largest absolute Gasteiger partial charge is 0.444 e. The molecule has 0 aliphatic carbocycles. The van der Waals surface area contributed by atoms with Crippen LogP contribution in [0, 0.1) is 0 Å². The fourth-order valence-corrected chi connectivity index (χ4v) is 2.18. The molecule has 0 aliphatic rings. The van der Waals surface area contributed by atoms with Gasteiger partial charge < -0.3 is 9.84 Å². The van der Waals surface area contributed by atoms with Crippen molar-refractivity contribution in [3.05, 3.63) is 54.6 Å². The minimum Gasteiger partial charge on any atom is -0.444 e. The van der Waals surface area contributed by atoms with E-state index < -0.39 is 12.2 Å². The van der Waals surface area contributed by atoms with Crippen LogP contribution < -0.4 is 5.32 Å². The Labute approximate surface area is 130 Å². The van der Waals surface area contributed by atoms with Crippen LogP contribution in [0.4, 0.5) is 10.5 Å². The lowest BCUT2D eigenvalue weighted by atomic mass is 10.1. The van der Waals surface area contributed by atoms with E-state index in [1.54, 1.807) is 0 Å². The fourth-order valence-electron chi connectivity index (χ4n) is 2.18. The smallest absolute Gasteiger partial charge is 0.411 e. The topological polar surface area (TPSA) is 58.6 Å². The Kier molecular flexibility index (Phi) is 5.98. The van der Waals surface area contributed by atoms with E-state index in [1.165, 1.54) is 0 Å². The average molecular weight is 299 g/mol. The third kappa shape index (κ3) is 4.60. The summed E-state index contributed by atoms with van der Waals surface area (Å²) in [5, 5.41) is 11.8. The summed E-state index contributed by atoms with van der Waals surface area (Å²) in [7, 11) is 0. The second kappa shape index (κ2) is 8.20. The summed E-state index contributed by atoms with van der Waals surface area (Å²) < 4.78 is 5.16. The molecule has 116 valence electrons. The summed E-state index contributed by atoms with van der Waals surface area (Å²) >= 11 is 0. The zero-order valence-corrected chi connectivity index (χ0v) is 12.7. The molecule has 2 aromatic carbocycles. The molecule has 0 bridgehead atoms. The highest BCUT2D eigenvalue weighted by molar-refractivity contribution is 5.85. The third-order valence-corrected chi connectivity index (χ3v) is 3.33. The van der Waals surface area contributed by atoms with Crippen LogP contribution in [-0.4, -0.2) is 23.9 Å². The van der Waals surface area contributed by atoms with Crippen molar-refractivity contribution in [1.29, 1.82) is 0 Å². The number of hydrogen-bond donors (Lipinski definition) is 2. The van der Waals surface area contributed by atoms with E-state index in [-0.39, 0.29) is 6.61 Å². The third-order valence-electron chi connectivity index (χ3n) is 3.33. The van der Waals surface area contributed by atoms with Crippen LogP contribution in [0.15, 0.2) is 54.6 Å². The highest BCUT2D eigenvalue weighted by Gasteiger charge is 2.12. The summed E-state index contributed by atoms with van der Waals surface area (Å²) in [4.78, 5) is 11.8. The van der Waals surface area contributed by atoms with Gasteiger partial charge in [-0.15, -0.1) is 0 Å². The Morgan fingerprint density at radius 2 is 1.73 bits per heavy atom. The maximum absolute atomic E-state index is 11.8. The molecule has 0 radical (unpaired) electrons. The molecule has 4 heteroatoms. The summed E-state index contributed by atoms with van der Waals surface area (Å²) in [5.74, 6) is 0. The van der Waals surface area contributed by atoms with E-state index in [0.717, 1.165) is 17.5 Å². The first-order chi connectivity index (χ1) is 10.7. The molecular formula is C18H21NO3. The lowest BCUT2D eigenvalue weighted by Gasteiger charge is -2.15. The number of anilines is 1. The van der Waals surface area contributed by atoms with E-state index in [9.17, 15) is 4.79 Å². The summed E-state index contributed by atoms with van der Waals surface area (Å²) in [6, 6.07) is 17.6. The first-order valence-corrected chi connectivity index (χ1v) is 7.47. The number of aliphatic hydroxyl groups excluding tert-OH is 1. The SMILES string of the molecule is CCCC(CO)OC(=O)Nc1ccc(-c2ccccc2)cc1. The van der Waals surface area contributed by atoms with Gasteiger partial charge in [0, 0.05) is 5.69 Å². The molecule has 2 aromatic rings. The fraction of sp³-hybridized carbons (Fsp3) is 0.278. The summed E-state index contributed by atoms with van der Waals surface area (Å²) in [6.07, 6.45) is 0.509. The molecule has 1 atom stereocenters. The zero-order valence-electron chi connectivity index (χ0n) is 12.7. The van der Waals surface area contributed by atoms with Crippen molar-refractivity contribution in [2.24, 2.45) is 0 Å². The van der Waals surface area contributed by atoms with Crippen LogP contribution in [0.25, 0.3) is 11.1 Å². The normalized spacial score (nSPS) is 11.7. The van der Waals surface area contributed by atoms with Gasteiger partial charge in [-0.05, 0) is 29.7 Å². The van der Waals surface area contributed by atoms with Gasteiger partial charge in [0.2, 0.25) is 0 Å². The molecule has 1 unspecified atom stereocenters. The van der Waals surface area contributed by atoms with E-state index in [4.69, 9.17) is 9.84 Å². The van der Waals surface area contributed by atoms with Crippen molar-refractivity contribution in [2.75, 3.05) is 11.9 Å². The number of amides is 1. The van der Waals surface area contributed by atoms with Gasteiger partial charge in [0.05, 0.1) is 6.61 Å². The first-order valence-electron chi connectivity index (χ1n) is 7.47. The zero-order chi connectivity index (χ0) is 15.8. The Morgan fingerprint density at radius 3 is 2.32 bits per heavy atom. The van der Waals surface area contributed by atoms with Crippen molar-refractivity contribution in [1.82, 2.24) is 0 Å². The van der Waals surface area contributed by atoms with Gasteiger partial charge in [-0.2, -0.15) is 0 Å². The number of hydrogen-bond acceptors (Lipinski definition) is 3. The van der Waals surface area contributed by atoms with Gasteiger partial charge in [0.15, 0.2) is 0 Å². The molecule has 0 aliphatic heterocycles. The van der Waals surface area contributed by atoms with Gasteiger partial charge >= 0.3 is 6.09 Å². The number of carbonyl (C=O) groups is 1. The second-order valence-corrected chi connectivity index (χ2v) is 5.07. The number of aliphatic hydroxyl groups is 1. The molecule has 4 nitrogen and oxygen atoms in total. The molecule has 0 saturated heterocycles. The average Bonchev–Trinajstić information content (AvgIpc) is 2.56. The lowest BCUT2D eigenvalue weighted by molar-refractivity contribution is 0.0611. The van der Waals surface area contributed by atoms with E-state index >= 15 is 0 Å². The molecule has 0 fully saturated rings. The Hall–Kier alpha value is -2.33. The summed E-state index contributed by atoms with van der Waals surface area (Å²) in [5.41, 5.74) is 2.87. The van der Waals surface area contributed by atoms with Crippen LogP contribution in [0.5, 0.6) is 0 Å². The molecule has 0 saturated carbocycles. The number of nitrogens with one attached hydrogen (secondary N) is 1. The number of rotatable bonds is 6. The van der Waals surface area contributed by atoms with Gasteiger partial charge in [0.1, 0.15) is 6.10 Å². The van der Waals surface area contributed by atoms with Gasteiger partial charge in [-0.1, -0.05) is 55.8 Å². The minimum atomic E-state index is -0.542.